The molecule has 48 heavy (non-hydrogen) atoms. The number of unbranched alkanes of at least 4 members (excludes halogenated alkanes) is 1. The molecule has 0 amide bonds. The summed E-state index contributed by atoms with van der Waals surface area (Å²) in [6.45, 7) is 8.99. The van der Waals surface area contributed by atoms with E-state index in [9.17, 15) is 0 Å². The minimum atomic E-state index is -0.0575. The second-order valence-electron chi connectivity index (χ2n) is 13.2. The van der Waals surface area contributed by atoms with Crippen LogP contribution in [0.25, 0.3) is 55.6 Å². The Bertz CT molecular complexity index is 2220. The van der Waals surface area contributed by atoms with Gasteiger partial charge in [0.2, 0.25) is 0 Å². The molecular formula is C44H40IN2O-. The molecule has 240 valence electrons. The molecule has 0 spiro atoms. The molecule has 1 heterocycles. The normalized spacial score (nSPS) is 12.1. The number of nitrogens with zero attached hydrogens (tertiary/aromatic N) is 2. The Balaban J connectivity index is 1.25. The third kappa shape index (κ3) is 6.86. The Morgan fingerprint density at radius 2 is 1.42 bits per heavy atom. The van der Waals surface area contributed by atoms with Crippen LogP contribution in [0.3, 0.4) is 0 Å². The van der Waals surface area contributed by atoms with E-state index in [4.69, 9.17) is 14.4 Å². The Morgan fingerprint density at radius 3 is 2.19 bits per heavy atom. The first-order valence-electron chi connectivity index (χ1n) is 16.7. The van der Waals surface area contributed by atoms with E-state index >= 15 is 0 Å². The SMILES string of the molecule is CCCC[I-]c1ccc(-c2ccc(-c3cc(C(C)(C)C)cc4oc(-c5ccccc5N=Cc5cccc6ccccc56)nc34)cc2)cc1. The molecule has 7 rings (SSSR count). The van der Waals surface area contributed by atoms with Gasteiger partial charge in [0, 0.05) is 11.8 Å². The summed E-state index contributed by atoms with van der Waals surface area (Å²) in [5.41, 5.74) is 10.2. The van der Waals surface area contributed by atoms with Crippen molar-refractivity contribution in [1.82, 2.24) is 4.98 Å². The molecule has 3 nitrogen and oxygen atoms in total. The van der Waals surface area contributed by atoms with Crippen LogP contribution in [0.5, 0.6) is 0 Å². The topological polar surface area (TPSA) is 38.4 Å². The van der Waals surface area contributed by atoms with Crippen molar-refractivity contribution >= 4 is 33.8 Å². The quantitative estimate of drug-likeness (QED) is 0.0642. The molecule has 0 bridgehead atoms. The third-order valence-corrected chi connectivity index (χ3v) is 11.7. The van der Waals surface area contributed by atoms with E-state index in [1.807, 2.05) is 30.5 Å². The van der Waals surface area contributed by atoms with Gasteiger partial charge in [-0.2, -0.15) is 0 Å². The molecular weight excluding hydrogens is 699 g/mol. The van der Waals surface area contributed by atoms with Crippen molar-refractivity contribution in [2.45, 2.75) is 46.0 Å². The van der Waals surface area contributed by atoms with Gasteiger partial charge in [-0.15, -0.1) is 0 Å². The van der Waals surface area contributed by atoms with E-state index in [0.717, 1.165) is 39.0 Å². The number of halogens is 1. The number of aliphatic imine (C=N–C) groups is 1. The van der Waals surface area contributed by atoms with Gasteiger partial charge in [-0.1, -0.05) is 75.4 Å². The fraction of sp³-hybridized carbons (Fsp3) is 0.182. The molecule has 0 atom stereocenters. The fourth-order valence-electron chi connectivity index (χ4n) is 5.95. The van der Waals surface area contributed by atoms with Crippen molar-refractivity contribution in [1.29, 1.82) is 0 Å². The molecule has 4 heteroatoms. The van der Waals surface area contributed by atoms with Crippen molar-refractivity contribution in [2.24, 2.45) is 4.99 Å². The van der Waals surface area contributed by atoms with E-state index in [2.05, 4.69) is 131 Å². The molecule has 0 N–H and O–H groups in total. The number of oxazole rings is 1. The van der Waals surface area contributed by atoms with Crippen LogP contribution in [0.15, 0.2) is 137 Å². The number of hydrogen-bond acceptors (Lipinski definition) is 3. The van der Waals surface area contributed by atoms with Crippen LogP contribution in [-0.4, -0.2) is 15.6 Å². The summed E-state index contributed by atoms with van der Waals surface area (Å²) < 4.78 is 9.45. The average molecular weight is 740 g/mol. The summed E-state index contributed by atoms with van der Waals surface area (Å²) in [7, 11) is 0. The molecule has 0 saturated heterocycles. The van der Waals surface area contributed by atoms with Gasteiger partial charge in [-0.3, -0.25) is 4.99 Å². The van der Waals surface area contributed by atoms with Gasteiger partial charge in [0.25, 0.3) is 0 Å². The molecule has 0 aliphatic rings. The number of fused-ring (bicyclic) bond motifs is 2. The second-order valence-corrected chi connectivity index (χ2v) is 16.3. The Morgan fingerprint density at radius 1 is 0.729 bits per heavy atom. The van der Waals surface area contributed by atoms with Crippen molar-refractivity contribution in [2.75, 3.05) is 4.43 Å². The van der Waals surface area contributed by atoms with Crippen LogP contribution in [-0.2, 0) is 5.41 Å². The molecule has 6 aromatic carbocycles. The van der Waals surface area contributed by atoms with E-state index in [0.29, 0.717) is 5.89 Å². The first-order valence-corrected chi connectivity index (χ1v) is 19.3. The standard InChI is InChI=1S/C44H40IN2O/c1-5-6-26-45-36-24-22-31(23-25-36)30-18-20-33(21-19-30)39-27-35(44(2,3)4)28-41-42(39)47-43(48-41)38-16-9-10-17-40(38)46-29-34-14-11-13-32-12-7-8-15-37(32)34/h7-25,27-29H,5-6,26H2,1-4H3/q-1. The number of alkyl halides is 1. The molecule has 1 aromatic heterocycles. The number of benzene rings is 6. The summed E-state index contributed by atoms with van der Waals surface area (Å²) in [5.74, 6) is 0.571. The summed E-state index contributed by atoms with van der Waals surface area (Å²) in [4.78, 5) is 10.1. The zero-order valence-electron chi connectivity index (χ0n) is 28.0. The van der Waals surface area contributed by atoms with Gasteiger partial charge < -0.3 is 0 Å². The van der Waals surface area contributed by atoms with Gasteiger partial charge in [0.15, 0.2) is 0 Å². The zero-order chi connectivity index (χ0) is 33.1. The summed E-state index contributed by atoms with van der Waals surface area (Å²) >= 11 is 0.110. The number of aromatic nitrogens is 1. The van der Waals surface area contributed by atoms with Crippen LogP contribution in [0.1, 0.15) is 51.7 Å². The molecule has 0 aliphatic heterocycles. The molecule has 7 aromatic rings. The van der Waals surface area contributed by atoms with Crippen molar-refractivity contribution in [3.05, 3.63) is 142 Å². The summed E-state index contributed by atoms with van der Waals surface area (Å²) in [6.07, 6.45) is 4.55. The van der Waals surface area contributed by atoms with Crippen LogP contribution in [0, 0.1) is 3.57 Å². The number of rotatable bonds is 9. The fourth-order valence-corrected chi connectivity index (χ4v) is 8.59. The first-order chi connectivity index (χ1) is 23.4. The summed E-state index contributed by atoms with van der Waals surface area (Å²) in [5, 5.41) is 2.37. The predicted octanol–water partition coefficient (Wildman–Crippen LogP) is 9.09. The van der Waals surface area contributed by atoms with Crippen LogP contribution in [0.4, 0.5) is 5.69 Å². The minimum absolute atomic E-state index is 0.0575. The van der Waals surface area contributed by atoms with Crippen LogP contribution < -0.4 is 21.2 Å². The Kier molecular flexibility index (Phi) is 9.27. The second kappa shape index (κ2) is 13.9. The maximum atomic E-state index is 6.57. The number of hydrogen-bond donors (Lipinski definition) is 0. The van der Waals surface area contributed by atoms with Gasteiger partial charge >= 0.3 is 169 Å². The maximum absolute atomic E-state index is 6.57. The zero-order valence-corrected chi connectivity index (χ0v) is 30.2. The van der Waals surface area contributed by atoms with Crippen molar-refractivity contribution in [3.8, 4) is 33.7 Å². The van der Waals surface area contributed by atoms with E-state index in [-0.39, 0.29) is 26.6 Å². The molecule has 0 fully saturated rings. The first kappa shape index (κ1) is 32.0. The monoisotopic (exact) mass is 739 g/mol. The van der Waals surface area contributed by atoms with Gasteiger partial charge in [-0.25, -0.2) is 0 Å². The van der Waals surface area contributed by atoms with Crippen molar-refractivity contribution < 1.29 is 25.6 Å². The molecule has 0 unspecified atom stereocenters. The number of para-hydroxylation sites is 1. The Labute approximate surface area is 294 Å². The van der Waals surface area contributed by atoms with Gasteiger partial charge in [0.1, 0.15) is 0 Å². The molecule has 0 aliphatic carbocycles. The average Bonchev–Trinajstić information content (AvgIpc) is 3.55. The van der Waals surface area contributed by atoms with E-state index in [1.54, 1.807) is 0 Å². The van der Waals surface area contributed by atoms with Crippen LogP contribution >= 0.6 is 0 Å². The Hall–Kier alpha value is -4.55. The predicted molar refractivity (Wildman–Crippen MR) is 199 cm³/mol. The van der Waals surface area contributed by atoms with Gasteiger partial charge in [0.05, 0.1) is 11.3 Å². The molecule has 0 radical (unpaired) electrons. The summed E-state index contributed by atoms with van der Waals surface area (Å²) in [6, 6.07) is 45.3. The van der Waals surface area contributed by atoms with Crippen LogP contribution in [0.2, 0.25) is 0 Å². The van der Waals surface area contributed by atoms with Crippen molar-refractivity contribution in [3.63, 3.8) is 0 Å². The van der Waals surface area contributed by atoms with E-state index in [1.165, 1.54) is 48.3 Å². The molecule has 0 saturated carbocycles. The van der Waals surface area contributed by atoms with E-state index < -0.39 is 0 Å². The van der Waals surface area contributed by atoms with Gasteiger partial charge in [-0.05, 0) is 22.9 Å². The third-order valence-electron chi connectivity index (χ3n) is 8.77.